The second-order valence-electron chi connectivity index (χ2n) is 17.7. The molecule has 0 spiro atoms. The van der Waals surface area contributed by atoms with Gasteiger partial charge in [-0.1, -0.05) is 84.9 Å². The van der Waals surface area contributed by atoms with Gasteiger partial charge >= 0.3 is 5.97 Å². The number of likely N-dealkylation sites (tertiary alicyclic amines) is 2. The summed E-state index contributed by atoms with van der Waals surface area (Å²) in [5, 5.41) is 50.5. The second kappa shape index (κ2) is 21.2. The van der Waals surface area contributed by atoms with Crippen molar-refractivity contribution in [2.24, 2.45) is 5.92 Å². The summed E-state index contributed by atoms with van der Waals surface area (Å²) < 4.78 is 5.91. The van der Waals surface area contributed by atoms with Crippen molar-refractivity contribution in [2.75, 3.05) is 39.3 Å². The number of hydrogen-bond acceptors (Lipinski definition) is 10. The lowest BCUT2D eigenvalue weighted by Gasteiger charge is -2.33. The Morgan fingerprint density at radius 2 is 1.54 bits per heavy atom. The average Bonchev–Trinajstić information content (AvgIpc) is 3.34. The van der Waals surface area contributed by atoms with Crippen molar-refractivity contribution in [3.05, 3.63) is 177 Å². The number of carbonyl (C=O) groups excluding carboxylic acids is 2. The van der Waals surface area contributed by atoms with E-state index in [0.29, 0.717) is 66.9 Å². The molecule has 0 saturated carbocycles. The molecule has 348 valence electrons. The third kappa shape index (κ3) is 11.2. The molecule has 1 aromatic heterocycles. The molecule has 2 saturated heterocycles. The number of nitrogens with one attached hydrogen (secondary N) is 3. The number of aromatic nitrogens is 1. The van der Waals surface area contributed by atoms with E-state index < -0.39 is 17.7 Å². The maximum Gasteiger partial charge on any atom is 0.345 e. The number of aromatic hydroxyl groups is 1. The van der Waals surface area contributed by atoms with Crippen LogP contribution >= 0.6 is 0 Å². The molecule has 2 aliphatic heterocycles. The molecule has 2 amide bonds. The molecule has 67 heavy (non-hydrogen) atoms. The number of benzene rings is 5. The number of aromatic amines is 1. The first kappa shape index (κ1) is 46.7. The van der Waals surface area contributed by atoms with E-state index in [2.05, 4.69) is 44.8 Å². The third-order valence-corrected chi connectivity index (χ3v) is 13.1. The van der Waals surface area contributed by atoms with Crippen LogP contribution in [0.3, 0.4) is 0 Å². The first-order valence-corrected chi connectivity index (χ1v) is 22.9. The van der Waals surface area contributed by atoms with Crippen LogP contribution < -0.4 is 20.9 Å². The zero-order valence-corrected chi connectivity index (χ0v) is 37.3. The zero-order chi connectivity index (χ0) is 46.9. The van der Waals surface area contributed by atoms with Gasteiger partial charge in [0, 0.05) is 66.9 Å². The number of phenolic OH excluding ortho intramolecular Hbond substituents is 1. The second-order valence-corrected chi connectivity index (χ2v) is 17.7. The number of rotatable bonds is 17. The number of ether oxygens (including phenoxy) is 1. The molecule has 14 nitrogen and oxygen atoms in total. The van der Waals surface area contributed by atoms with Crippen molar-refractivity contribution in [3.8, 4) is 11.5 Å². The summed E-state index contributed by atoms with van der Waals surface area (Å²) >= 11 is 0. The molecule has 14 heteroatoms. The zero-order valence-electron chi connectivity index (χ0n) is 37.3. The maximum absolute atomic E-state index is 13.3. The predicted octanol–water partition coefficient (Wildman–Crippen LogP) is 5.63. The van der Waals surface area contributed by atoms with Gasteiger partial charge in [0.1, 0.15) is 11.5 Å². The van der Waals surface area contributed by atoms with Gasteiger partial charge in [-0.25, -0.2) is 4.79 Å². The number of aliphatic hydroxyl groups excluding tert-OH is 1. The normalized spacial score (nSPS) is 16.3. The molecule has 0 unspecified atom stereocenters. The quantitative estimate of drug-likeness (QED) is 0.0598. The SMILES string of the molecule is O=C(NC1CCN(C(=O)COc2cccc([C@@](O)(C(=O)O)c3ccccc3CC3CCN(Cc4ccccc4)CC3)c2)CC1)c1ccc(CNC[C@H](O)c2ccc(O)c3[nH]c(=O)ccc23)cc1. The number of amides is 2. The van der Waals surface area contributed by atoms with E-state index in [9.17, 15) is 39.6 Å². The Labute approximate surface area is 388 Å². The van der Waals surface area contributed by atoms with E-state index in [-0.39, 0.29) is 59.1 Å². The number of hydrogen-bond donors (Lipinski definition) is 7. The fraction of sp³-hybridized carbons (Fsp3) is 0.321. The van der Waals surface area contributed by atoms with Gasteiger partial charge < -0.3 is 45.7 Å². The highest BCUT2D eigenvalue weighted by atomic mass is 16.5. The lowest BCUT2D eigenvalue weighted by atomic mass is 9.80. The van der Waals surface area contributed by atoms with Crippen LogP contribution in [0.15, 0.2) is 132 Å². The lowest BCUT2D eigenvalue weighted by Crippen LogP contribution is -2.47. The Morgan fingerprint density at radius 3 is 2.28 bits per heavy atom. The fourth-order valence-corrected chi connectivity index (χ4v) is 9.32. The van der Waals surface area contributed by atoms with E-state index in [1.807, 2.05) is 30.3 Å². The summed E-state index contributed by atoms with van der Waals surface area (Å²) in [5.41, 5.74) is 2.07. The Balaban J connectivity index is 0.789. The molecule has 7 N–H and O–H groups in total. The molecule has 8 rings (SSSR count). The lowest BCUT2D eigenvalue weighted by molar-refractivity contribution is -0.155. The number of carbonyl (C=O) groups is 3. The highest BCUT2D eigenvalue weighted by Gasteiger charge is 2.42. The summed E-state index contributed by atoms with van der Waals surface area (Å²) in [6.45, 7) is 4.00. The number of phenols is 1. The van der Waals surface area contributed by atoms with Crippen LogP contribution in [0.25, 0.3) is 10.9 Å². The Morgan fingerprint density at radius 1 is 0.806 bits per heavy atom. The van der Waals surface area contributed by atoms with Crippen LogP contribution in [0, 0.1) is 5.92 Å². The van der Waals surface area contributed by atoms with Gasteiger partial charge in [-0.3, -0.25) is 19.3 Å². The van der Waals surface area contributed by atoms with Gasteiger partial charge in [-0.2, -0.15) is 0 Å². The smallest absolute Gasteiger partial charge is 0.345 e. The summed E-state index contributed by atoms with van der Waals surface area (Å²) in [5.74, 6) is -1.33. The third-order valence-electron chi connectivity index (χ3n) is 13.1. The van der Waals surface area contributed by atoms with E-state index in [1.54, 1.807) is 59.5 Å². The van der Waals surface area contributed by atoms with E-state index in [0.717, 1.165) is 43.6 Å². The number of aliphatic carboxylic acids is 1. The minimum atomic E-state index is -2.35. The van der Waals surface area contributed by atoms with Gasteiger partial charge in [-0.15, -0.1) is 0 Å². The Bertz CT molecular complexity index is 2730. The number of H-pyrrole nitrogens is 1. The first-order valence-electron chi connectivity index (χ1n) is 22.9. The van der Waals surface area contributed by atoms with Crippen molar-refractivity contribution in [3.63, 3.8) is 0 Å². The number of pyridine rings is 1. The molecule has 0 aliphatic carbocycles. The number of nitrogens with zero attached hydrogens (tertiary/aromatic N) is 2. The Kier molecular flexibility index (Phi) is 14.8. The molecule has 2 aliphatic rings. The minimum Gasteiger partial charge on any atom is -0.506 e. The summed E-state index contributed by atoms with van der Waals surface area (Å²) in [6, 6.07) is 36.9. The highest BCUT2D eigenvalue weighted by molar-refractivity contribution is 5.94. The van der Waals surface area contributed by atoms with Crippen LogP contribution in [-0.2, 0) is 34.7 Å². The van der Waals surface area contributed by atoms with E-state index >= 15 is 0 Å². The van der Waals surface area contributed by atoms with Crippen LogP contribution in [0.1, 0.15) is 75.5 Å². The molecule has 2 atom stereocenters. The molecule has 0 radical (unpaired) electrons. The van der Waals surface area contributed by atoms with E-state index in [4.69, 9.17) is 4.74 Å². The molecular formula is C53H57N5O9. The summed E-state index contributed by atoms with van der Waals surface area (Å²) in [7, 11) is 0. The molecule has 2 fully saturated rings. The predicted molar refractivity (Wildman–Crippen MR) is 254 cm³/mol. The topological polar surface area (TPSA) is 205 Å². The molecule has 6 aromatic rings. The van der Waals surface area contributed by atoms with Gasteiger partial charge in [0.05, 0.1) is 11.6 Å². The summed E-state index contributed by atoms with van der Waals surface area (Å²) in [6.07, 6.45) is 2.80. The molecule has 3 heterocycles. The largest absolute Gasteiger partial charge is 0.506 e. The minimum absolute atomic E-state index is 0.0750. The van der Waals surface area contributed by atoms with Crippen molar-refractivity contribution < 1.29 is 39.5 Å². The van der Waals surface area contributed by atoms with Gasteiger partial charge in [0.2, 0.25) is 11.2 Å². The van der Waals surface area contributed by atoms with Gasteiger partial charge in [0.15, 0.2) is 6.61 Å². The fourth-order valence-electron chi connectivity index (χ4n) is 9.32. The van der Waals surface area contributed by atoms with Crippen LogP contribution in [-0.4, -0.2) is 98.4 Å². The van der Waals surface area contributed by atoms with E-state index in [1.165, 1.54) is 23.8 Å². The van der Waals surface area contributed by atoms with Crippen molar-refractivity contribution >= 4 is 28.7 Å². The number of piperidine rings is 2. The van der Waals surface area contributed by atoms with Gasteiger partial charge in [-0.05, 0) is 110 Å². The van der Waals surface area contributed by atoms with Crippen molar-refractivity contribution in [1.82, 2.24) is 25.4 Å². The number of aliphatic hydroxyl groups is 2. The summed E-state index contributed by atoms with van der Waals surface area (Å²) in [4.78, 5) is 57.9. The number of carboxylic acids is 1. The first-order chi connectivity index (χ1) is 32.4. The number of carboxylic acid groups (broad SMARTS) is 1. The molecule has 5 aromatic carbocycles. The van der Waals surface area contributed by atoms with Gasteiger partial charge in [0.25, 0.3) is 11.8 Å². The average molecular weight is 908 g/mol. The highest BCUT2D eigenvalue weighted by Crippen LogP contribution is 2.36. The van der Waals surface area contributed by atoms with Crippen LogP contribution in [0.2, 0.25) is 0 Å². The Hall–Kier alpha value is -6.84. The van der Waals surface area contributed by atoms with Crippen molar-refractivity contribution in [2.45, 2.75) is 62.9 Å². The monoisotopic (exact) mass is 907 g/mol. The number of fused-ring (bicyclic) bond motifs is 1. The van der Waals surface area contributed by atoms with Crippen LogP contribution in [0.4, 0.5) is 0 Å². The molecule has 0 bridgehead atoms. The molecular weight excluding hydrogens is 851 g/mol. The maximum atomic E-state index is 13.3. The van der Waals surface area contributed by atoms with Crippen LogP contribution in [0.5, 0.6) is 11.5 Å². The van der Waals surface area contributed by atoms with Crippen molar-refractivity contribution in [1.29, 1.82) is 0 Å². The standard InChI is InChI=1S/C53H57N5O9/c59-46-19-17-43(44-18-20-48(61)56-50(44)46)47(60)32-54-31-36-13-15-38(16-14-36)51(63)55-41-23-27-58(28-24-41)49(62)34-67-42-11-6-10-40(30-42)53(66,52(64)65)45-12-5-4-9-39(45)29-35-21-25-57(26-22-35)33-37-7-2-1-3-8-37/h1-20,30,35,41,47,54,59-60,66H,21-29,31-34H2,(H,55,63)(H,56,61)(H,64,65)/t47-,53-/m0/s1.